The van der Waals surface area contributed by atoms with E-state index in [0.29, 0.717) is 12.6 Å². The van der Waals surface area contributed by atoms with E-state index in [1.165, 1.54) is 11.4 Å². The number of nitrogens with zero attached hydrogens (tertiary/aromatic N) is 4. The van der Waals surface area contributed by atoms with E-state index in [1.807, 2.05) is 18.7 Å². The lowest BCUT2D eigenvalue weighted by Gasteiger charge is -2.38. The van der Waals surface area contributed by atoms with Crippen LogP contribution in [0.3, 0.4) is 0 Å². The molecule has 1 aliphatic heterocycles. The van der Waals surface area contributed by atoms with Crippen molar-refractivity contribution in [1.29, 1.82) is 0 Å². The van der Waals surface area contributed by atoms with Gasteiger partial charge < -0.3 is 10.6 Å². The van der Waals surface area contributed by atoms with Crippen LogP contribution in [0.1, 0.15) is 25.1 Å². The molecule has 1 aromatic heterocycles. The first kappa shape index (κ1) is 13.4. The van der Waals surface area contributed by atoms with Gasteiger partial charge in [0, 0.05) is 51.4 Å². The van der Waals surface area contributed by atoms with Gasteiger partial charge in [-0.05, 0) is 20.8 Å². The largest absolute Gasteiger partial charge is 0.354 e. The van der Waals surface area contributed by atoms with Gasteiger partial charge in [0.25, 0.3) is 0 Å². The fraction of sp³-hybridized carbons (Fsp3) is 0.769. The molecule has 1 aliphatic rings. The maximum atomic E-state index is 5.86. The Kier molecular flexibility index (Phi) is 3.92. The molecule has 0 aliphatic carbocycles. The van der Waals surface area contributed by atoms with E-state index in [1.54, 1.807) is 0 Å². The molecular formula is C13H25N5. The van der Waals surface area contributed by atoms with E-state index in [4.69, 9.17) is 5.73 Å². The Hall–Kier alpha value is -1.07. The third-order valence-electron chi connectivity index (χ3n) is 3.86. The molecule has 0 spiro atoms. The van der Waals surface area contributed by atoms with Crippen LogP contribution in [0.25, 0.3) is 0 Å². The van der Waals surface area contributed by atoms with E-state index in [-0.39, 0.29) is 0 Å². The summed E-state index contributed by atoms with van der Waals surface area (Å²) in [6.07, 6.45) is 0. The molecule has 0 bridgehead atoms. The molecule has 0 unspecified atom stereocenters. The van der Waals surface area contributed by atoms with Gasteiger partial charge in [0.1, 0.15) is 5.82 Å². The molecule has 5 heteroatoms. The summed E-state index contributed by atoms with van der Waals surface area (Å²) >= 11 is 0. The molecule has 2 N–H and O–H groups in total. The highest BCUT2D eigenvalue weighted by atomic mass is 15.4. The Morgan fingerprint density at radius 2 is 1.83 bits per heavy atom. The SMILES string of the molecule is Cc1nn(C)c(N2CCN(C(C)C)CC2)c1CN. The lowest BCUT2D eigenvalue weighted by atomic mass is 10.2. The Labute approximate surface area is 110 Å². The second-order valence-electron chi connectivity index (χ2n) is 5.33. The van der Waals surface area contributed by atoms with Crippen molar-refractivity contribution < 1.29 is 0 Å². The quantitative estimate of drug-likeness (QED) is 0.860. The van der Waals surface area contributed by atoms with Gasteiger partial charge in [0.15, 0.2) is 0 Å². The van der Waals surface area contributed by atoms with Crippen molar-refractivity contribution in [3.63, 3.8) is 0 Å². The van der Waals surface area contributed by atoms with Crippen LogP contribution in [0, 0.1) is 6.92 Å². The topological polar surface area (TPSA) is 50.3 Å². The van der Waals surface area contributed by atoms with E-state index in [9.17, 15) is 0 Å². The highest BCUT2D eigenvalue weighted by Gasteiger charge is 2.23. The molecule has 5 nitrogen and oxygen atoms in total. The molecule has 1 aromatic rings. The Morgan fingerprint density at radius 3 is 2.33 bits per heavy atom. The molecular weight excluding hydrogens is 226 g/mol. The number of rotatable bonds is 3. The lowest BCUT2D eigenvalue weighted by Crippen LogP contribution is -2.49. The number of hydrogen-bond donors (Lipinski definition) is 1. The average Bonchev–Trinajstić information content (AvgIpc) is 2.63. The van der Waals surface area contributed by atoms with Crippen molar-refractivity contribution in [3.8, 4) is 0 Å². The second kappa shape index (κ2) is 5.28. The van der Waals surface area contributed by atoms with Crippen molar-refractivity contribution in [2.24, 2.45) is 12.8 Å². The van der Waals surface area contributed by atoms with Crippen LogP contribution in [-0.2, 0) is 13.6 Å². The highest BCUT2D eigenvalue weighted by Crippen LogP contribution is 2.24. The minimum absolute atomic E-state index is 0.569. The standard InChI is InChI=1S/C13H25N5/c1-10(2)17-5-7-18(8-6-17)13-12(9-14)11(3)15-16(13)4/h10H,5-9,14H2,1-4H3. The summed E-state index contributed by atoms with van der Waals surface area (Å²) in [4.78, 5) is 4.93. The van der Waals surface area contributed by atoms with Crippen LogP contribution < -0.4 is 10.6 Å². The molecule has 18 heavy (non-hydrogen) atoms. The van der Waals surface area contributed by atoms with Crippen molar-refractivity contribution in [1.82, 2.24) is 14.7 Å². The Bertz CT molecular complexity index is 402. The number of aromatic nitrogens is 2. The van der Waals surface area contributed by atoms with Gasteiger partial charge in [-0.15, -0.1) is 0 Å². The Morgan fingerprint density at radius 1 is 1.22 bits per heavy atom. The van der Waals surface area contributed by atoms with E-state index < -0.39 is 0 Å². The van der Waals surface area contributed by atoms with Crippen LogP contribution in [0.15, 0.2) is 0 Å². The summed E-state index contributed by atoms with van der Waals surface area (Å²) in [6.45, 7) is 11.5. The summed E-state index contributed by atoms with van der Waals surface area (Å²) in [5, 5.41) is 4.49. The summed E-state index contributed by atoms with van der Waals surface area (Å²) < 4.78 is 1.97. The molecule has 2 rings (SSSR count). The highest BCUT2D eigenvalue weighted by molar-refractivity contribution is 5.50. The van der Waals surface area contributed by atoms with E-state index in [0.717, 1.165) is 31.9 Å². The fourth-order valence-electron chi connectivity index (χ4n) is 2.77. The monoisotopic (exact) mass is 251 g/mol. The summed E-state index contributed by atoms with van der Waals surface area (Å²) in [5.41, 5.74) is 8.10. The maximum Gasteiger partial charge on any atom is 0.131 e. The predicted octanol–water partition coefficient (Wildman–Crippen LogP) is 0.718. The third kappa shape index (κ3) is 2.37. The minimum atomic E-state index is 0.569. The zero-order chi connectivity index (χ0) is 13.3. The fourth-order valence-corrected chi connectivity index (χ4v) is 2.77. The number of nitrogens with two attached hydrogens (primary N) is 1. The number of hydrogen-bond acceptors (Lipinski definition) is 4. The Balaban J connectivity index is 2.14. The first-order chi connectivity index (χ1) is 8.54. The van der Waals surface area contributed by atoms with Crippen LogP contribution >= 0.6 is 0 Å². The number of piperazine rings is 1. The van der Waals surface area contributed by atoms with Crippen LogP contribution in [0.2, 0.25) is 0 Å². The zero-order valence-electron chi connectivity index (χ0n) is 12.0. The normalized spacial score (nSPS) is 17.8. The van der Waals surface area contributed by atoms with Gasteiger partial charge in [-0.2, -0.15) is 5.10 Å². The lowest BCUT2D eigenvalue weighted by molar-refractivity contribution is 0.208. The van der Waals surface area contributed by atoms with Gasteiger partial charge in [-0.3, -0.25) is 9.58 Å². The smallest absolute Gasteiger partial charge is 0.131 e. The van der Waals surface area contributed by atoms with Crippen molar-refractivity contribution in [2.45, 2.75) is 33.4 Å². The minimum Gasteiger partial charge on any atom is -0.354 e. The van der Waals surface area contributed by atoms with E-state index in [2.05, 4.69) is 28.7 Å². The molecule has 0 aromatic carbocycles. The molecule has 0 saturated carbocycles. The maximum absolute atomic E-state index is 5.86. The summed E-state index contributed by atoms with van der Waals surface area (Å²) in [7, 11) is 2.01. The summed E-state index contributed by atoms with van der Waals surface area (Å²) in [5.74, 6) is 1.21. The van der Waals surface area contributed by atoms with Crippen molar-refractivity contribution in [3.05, 3.63) is 11.3 Å². The van der Waals surface area contributed by atoms with Gasteiger partial charge in [-0.25, -0.2) is 0 Å². The van der Waals surface area contributed by atoms with Crippen LogP contribution in [0.4, 0.5) is 5.82 Å². The molecule has 102 valence electrons. The van der Waals surface area contributed by atoms with Gasteiger partial charge in [-0.1, -0.05) is 0 Å². The number of aryl methyl sites for hydroxylation is 2. The van der Waals surface area contributed by atoms with Crippen molar-refractivity contribution in [2.75, 3.05) is 31.1 Å². The first-order valence-corrected chi connectivity index (χ1v) is 6.76. The first-order valence-electron chi connectivity index (χ1n) is 6.76. The predicted molar refractivity (Wildman–Crippen MR) is 74.8 cm³/mol. The van der Waals surface area contributed by atoms with Gasteiger partial charge in [0.05, 0.1) is 5.69 Å². The molecule has 1 saturated heterocycles. The van der Waals surface area contributed by atoms with Crippen LogP contribution in [0.5, 0.6) is 0 Å². The van der Waals surface area contributed by atoms with Gasteiger partial charge in [0.2, 0.25) is 0 Å². The second-order valence-corrected chi connectivity index (χ2v) is 5.33. The van der Waals surface area contributed by atoms with Crippen LogP contribution in [-0.4, -0.2) is 46.9 Å². The molecule has 1 fully saturated rings. The molecule has 2 heterocycles. The molecule has 0 atom stereocenters. The summed E-state index contributed by atoms with van der Waals surface area (Å²) in [6, 6.07) is 0.634. The van der Waals surface area contributed by atoms with E-state index >= 15 is 0 Å². The number of anilines is 1. The zero-order valence-corrected chi connectivity index (χ0v) is 12.0. The molecule has 0 radical (unpaired) electrons. The third-order valence-corrected chi connectivity index (χ3v) is 3.86. The molecule has 0 amide bonds. The average molecular weight is 251 g/mol. The van der Waals surface area contributed by atoms with Crippen molar-refractivity contribution >= 4 is 5.82 Å². The van der Waals surface area contributed by atoms with Gasteiger partial charge >= 0.3 is 0 Å².